The van der Waals surface area contributed by atoms with Crippen molar-refractivity contribution in [1.82, 2.24) is 9.71 Å². The average molecular weight is 509 g/mol. The molecule has 0 spiro atoms. The zero-order valence-electron chi connectivity index (χ0n) is 20.3. The van der Waals surface area contributed by atoms with Gasteiger partial charge in [0.15, 0.2) is 0 Å². The molecule has 5 rings (SSSR count). The second kappa shape index (κ2) is 10.5. The molecule has 0 amide bonds. The van der Waals surface area contributed by atoms with Crippen LogP contribution in [-0.2, 0) is 34.1 Å². The van der Waals surface area contributed by atoms with E-state index in [-0.39, 0.29) is 11.3 Å². The summed E-state index contributed by atoms with van der Waals surface area (Å²) in [7, 11) is -3.99. The first-order chi connectivity index (χ1) is 17.4. The van der Waals surface area contributed by atoms with Crippen LogP contribution < -0.4 is 4.72 Å². The largest absolute Gasteiger partial charge is 0.480 e. The molecule has 0 unspecified atom stereocenters. The number of carbonyl (C=O) groups is 1. The van der Waals surface area contributed by atoms with E-state index in [9.17, 15) is 18.3 Å². The summed E-state index contributed by atoms with van der Waals surface area (Å²) in [6, 6.07) is 11.9. The van der Waals surface area contributed by atoms with E-state index in [1.807, 2.05) is 12.1 Å². The Morgan fingerprint density at radius 3 is 2.69 bits per heavy atom. The van der Waals surface area contributed by atoms with Crippen LogP contribution in [0.3, 0.4) is 0 Å². The lowest BCUT2D eigenvalue weighted by Crippen LogP contribution is -2.40. The van der Waals surface area contributed by atoms with Gasteiger partial charge >= 0.3 is 5.97 Å². The number of furan rings is 1. The highest BCUT2D eigenvalue weighted by atomic mass is 32.2. The van der Waals surface area contributed by atoms with E-state index in [2.05, 4.69) is 28.0 Å². The van der Waals surface area contributed by atoms with Crippen LogP contribution in [0.4, 0.5) is 0 Å². The number of hydrogen-bond acceptors (Lipinski definition) is 4. The summed E-state index contributed by atoms with van der Waals surface area (Å²) < 4.78 is 34.3. The first kappa shape index (κ1) is 24.6. The number of aliphatic carboxylic acids is 1. The normalized spacial score (nSPS) is 14.8. The number of aromatic amines is 1. The summed E-state index contributed by atoms with van der Waals surface area (Å²) in [6.45, 7) is 0. The van der Waals surface area contributed by atoms with Gasteiger partial charge in [-0.1, -0.05) is 37.5 Å². The van der Waals surface area contributed by atoms with Gasteiger partial charge in [0.25, 0.3) is 0 Å². The van der Waals surface area contributed by atoms with Crippen molar-refractivity contribution in [3.05, 3.63) is 65.5 Å². The zero-order chi connectivity index (χ0) is 25.1. The first-order valence-corrected chi connectivity index (χ1v) is 14.2. The third kappa shape index (κ3) is 5.20. The summed E-state index contributed by atoms with van der Waals surface area (Å²) in [5.41, 5.74) is 4.14. The van der Waals surface area contributed by atoms with E-state index < -0.39 is 22.0 Å². The van der Waals surface area contributed by atoms with Crippen molar-refractivity contribution in [1.29, 1.82) is 0 Å². The molecule has 0 fully saturated rings. The first-order valence-electron chi connectivity index (χ1n) is 12.8. The van der Waals surface area contributed by atoms with Crippen LogP contribution in [0.15, 0.2) is 58.0 Å². The van der Waals surface area contributed by atoms with E-state index in [0.717, 1.165) is 68.0 Å². The van der Waals surface area contributed by atoms with Gasteiger partial charge in [0.2, 0.25) is 10.0 Å². The number of benzene rings is 2. The third-order valence-electron chi connectivity index (χ3n) is 7.20. The molecule has 0 saturated carbocycles. The molecule has 2 aromatic heterocycles. The Bertz CT molecular complexity index is 1480. The number of aromatic nitrogens is 1. The minimum Gasteiger partial charge on any atom is -0.480 e. The van der Waals surface area contributed by atoms with Crippen molar-refractivity contribution in [2.75, 3.05) is 0 Å². The summed E-state index contributed by atoms with van der Waals surface area (Å²) in [5.74, 6) is -0.223. The van der Waals surface area contributed by atoms with Gasteiger partial charge < -0.3 is 14.5 Å². The van der Waals surface area contributed by atoms with E-state index in [4.69, 9.17) is 4.42 Å². The summed E-state index contributed by atoms with van der Waals surface area (Å²) >= 11 is 0. The van der Waals surface area contributed by atoms with Crippen molar-refractivity contribution in [2.24, 2.45) is 0 Å². The van der Waals surface area contributed by atoms with Crippen LogP contribution in [0.1, 0.15) is 61.8 Å². The third-order valence-corrected chi connectivity index (χ3v) is 8.67. The molecule has 7 nitrogen and oxygen atoms in total. The van der Waals surface area contributed by atoms with Gasteiger partial charge in [-0.05, 0) is 62.3 Å². The molecule has 3 N–H and O–H groups in total. The number of unbranched alkanes of at least 4 members (excludes halogenated alkanes) is 3. The Kier molecular flexibility index (Phi) is 7.16. The molecule has 8 heteroatoms. The topological polar surface area (TPSA) is 112 Å². The number of para-hydroxylation sites is 1. The standard InChI is InChI=1S/C28H32N2O5S/c31-28(32)25(13-4-2-1-3-9-19-18-29-24-12-7-5-10-21(19)24)30-36(33,34)20-15-16-23-22-11-6-8-14-26(22)35-27(23)17-20/h5,7,10,12,15-18,25,29-30H,1-4,6,8-9,11,13-14H2,(H,31,32)/t25-/m0/s1. The minimum atomic E-state index is -3.99. The van der Waals surface area contributed by atoms with Gasteiger partial charge in [0, 0.05) is 40.5 Å². The maximum atomic E-state index is 13.0. The summed E-state index contributed by atoms with van der Waals surface area (Å²) in [4.78, 5) is 15.1. The number of fused-ring (bicyclic) bond motifs is 4. The van der Waals surface area contributed by atoms with Crippen molar-refractivity contribution >= 4 is 37.9 Å². The number of carboxylic acid groups (broad SMARTS) is 1. The quantitative estimate of drug-likeness (QED) is 0.224. The monoisotopic (exact) mass is 508 g/mol. The van der Waals surface area contributed by atoms with E-state index in [1.165, 1.54) is 22.6 Å². The highest BCUT2D eigenvalue weighted by molar-refractivity contribution is 7.89. The predicted molar refractivity (Wildman–Crippen MR) is 140 cm³/mol. The molecule has 2 heterocycles. The molecule has 1 aliphatic carbocycles. The van der Waals surface area contributed by atoms with E-state index in [1.54, 1.807) is 12.1 Å². The Hall–Kier alpha value is -3.10. The van der Waals surface area contributed by atoms with Gasteiger partial charge in [-0.2, -0.15) is 4.72 Å². The number of carboxylic acids is 1. The molecule has 0 aliphatic heterocycles. The zero-order valence-corrected chi connectivity index (χ0v) is 21.1. The van der Waals surface area contributed by atoms with Crippen molar-refractivity contribution in [3.8, 4) is 0 Å². The Balaban J connectivity index is 1.15. The van der Waals surface area contributed by atoms with Gasteiger partial charge in [-0.25, -0.2) is 8.42 Å². The lowest BCUT2D eigenvalue weighted by Gasteiger charge is -2.15. The van der Waals surface area contributed by atoms with E-state index >= 15 is 0 Å². The Morgan fingerprint density at radius 1 is 1.03 bits per heavy atom. The van der Waals surface area contributed by atoms with Crippen LogP contribution >= 0.6 is 0 Å². The highest BCUT2D eigenvalue weighted by Gasteiger charge is 2.26. The SMILES string of the molecule is O=C(O)[C@H](CCCCCCc1c[nH]c2ccccc12)NS(=O)(=O)c1ccc2c3c(oc2c1)CCCC3. The molecule has 0 radical (unpaired) electrons. The number of nitrogens with one attached hydrogen (secondary N) is 2. The molecule has 4 aromatic rings. The predicted octanol–water partition coefficient (Wildman–Crippen LogP) is 5.72. The second-order valence-corrected chi connectivity index (χ2v) is 11.4. The molecule has 190 valence electrons. The van der Waals surface area contributed by atoms with Crippen LogP contribution in [0.25, 0.3) is 21.9 Å². The molecule has 1 atom stereocenters. The maximum Gasteiger partial charge on any atom is 0.321 e. The molecule has 0 saturated heterocycles. The average Bonchev–Trinajstić information content (AvgIpc) is 3.46. The van der Waals surface area contributed by atoms with Crippen molar-refractivity contribution in [3.63, 3.8) is 0 Å². The van der Waals surface area contributed by atoms with Crippen LogP contribution in [0.2, 0.25) is 0 Å². The molecule has 0 bridgehead atoms. The number of aryl methyl sites for hydroxylation is 3. The van der Waals surface area contributed by atoms with Gasteiger partial charge in [-0.3, -0.25) is 4.79 Å². The molecular formula is C28H32N2O5S. The lowest BCUT2D eigenvalue weighted by atomic mass is 9.96. The fourth-order valence-electron chi connectivity index (χ4n) is 5.26. The number of H-pyrrole nitrogens is 1. The van der Waals surface area contributed by atoms with Crippen molar-refractivity contribution in [2.45, 2.75) is 75.1 Å². The summed E-state index contributed by atoms with van der Waals surface area (Å²) in [5, 5.41) is 11.8. The van der Waals surface area contributed by atoms with Crippen LogP contribution in [-0.4, -0.2) is 30.5 Å². The fourth-order valence-corrected chi connectivity index (χ4v) is 6.49. The second-order valence-electron chi connectivity index (χ2n) is 9.69. The number of rotatable bonds is 11. The highest BCUT2D eigenvalue weighted by Crippen LogP contribution is 2.33. The molecule has 36 heavy (non-hydrogen) atoms. The maximum absolute atomic E-state index is 13.0. The minimum absolute atomic E-state index is 0.0334. The fraction of sp³-hybridized carbons (Fsp3) is 0.393. The lowest BCUT2D eigenvalue weighted by molar-refractivity contribution is -0.139. The molecule has 2 aromatic carbocycles. The smallest absolute Gasteiger partial charge is 0.321 e. The molecular weight excluding hydrogens is 476 g/mol. The molecule has 1 aliphatic rings. The van der Waals surface area contributed by atoms with Crippen molar-refractivity contribution < 1.29 is 22.7 Å². The number of hydrogen-bond donors (Lipinski definition) is 3. The van der Waals surface area contributed by atoms with Crippen LogP contribution in [0, 0.1) is 0 Å². The summed E-state index contributed by atoms with van der Waals surface area (Å²) in [6.07, 6.45) is 10.7. The van der Waals surface area contributed by atoms with Gasteiger partial charge in [0.1, 0.15) is 17.4 Å². The number of sulfonamides is 1. The Morgan fingerprint density at radius 2 is 1.83 bits per heavy atom. The Labute approximate surface area is 210 Å². The van der Waals surface area contributed by atoms with E-state index in [0.29, 0.717) is 12.0 Å². The van der Waals surface area contributed by atoms with Crippen LogP contribution in [0.5, 0.6) is 0 Å². The van der Waals surface area contributed by atoms with Gasteiger partial charge in [0.05, 0.1) is 4.90 Å². The van der Waals surface area contributed by atoms with Gasteiger partial charge in [-0.15, -0.1) is 0 Å².